The van der Waals surface area contributed by atoms with Gasteiger partial charge in [-0.15, -0.1) is 0 Å². The van der Waals surface area contributed by atoms with Crippen LogP contribution in [0.15, 0.2) is 17.0 Å². The van der Waals surface area contributed by atoms with E-state index in [9.17, 15) is 22.9 Å². The Morgan fingerprint density at radius 3 is 2.52 bits per heavy atom. The molecule has 0 spiro atoms. The molecule has 0 saturated heterocycles. The molecule has 1 aliphatic carbocycles. The fourth-order valence-electron chi connectivity index (χ4n) is 2.31. The molecule has 0 aliphatic heterocycles. The second-order valence-corrected chi connectivity index (χ2v) is 7.60. The number of hydrogen-bond acceptors (Lipinski definition) is 4. The summed E-state index contributed by atoms with van der Waals surface area (Å²) in [6.07, 6.45) is 0.975. The van der Waals surface area contributed by atoms with E-state index in [0.29, 0.717) is 18.4 Å². The predicted molar refractivity (Wildman–Crippen MR) is 74.9 cm³/mol. The minimum Gasteiger partial charge on any atom is -0.258 e. The first kappa shape index (κ1) is 15.8. The van der Waals surface area contributed by atoms with Crippen LogP contribution in [-0.2, 0) is 10.0 Å². The van der Waals surface area contributed by atoms with Gasteiger partial charge in [0.05, 0.1) is 9.82 Å². The molecule has 1 aliphatic rings. The van der Waals surface area contributed by atoms with Crippen molar-refractivity contribution in [2.45, 2.75) is 25.2 Å². The van der Waals surface area contributed by atoms with Gasteiger partial charge >= 0.3 is 5.69 Å². The minimum absolute atomic E-state index is 0.161. The number of nitrogens with zero attached hydrogens (tertiary/aromatic N) is 2. The van der Waals surface area contributed by atoms with Gasteiger partial charge < -0.3 is 0 Å². The highest BCUT2D eigenvalue weighted by atomic mass is 32.2. The van der Waals surface area contributed by atoms with Crippen LogP contribution in [0.4, 0.5) is 10.1 Å². The molecule has 8 heteroatoms. The Bertz CT molecular complexity index is 690. The number of hydrogen-bond donors (Lipinski definition) is 0. The van der Waals surface area contributed by atoms with Gasteiger partial charge in [0.2, 0.25) is 15.8 Å². The molecule has 1 saturated carbocycles. The Balaban J connectivity index is 2.39. The average Bonchev–Trinajstić information content (AvgIpc) is 3.03. The van der Waals surface area contributed by atoms with Crippen LogP contribution in [0.3, 0.4) is 0 Å². The first-order valence-electron chi connectivity index (χ1n) is 6.55. The van der Waals surface area contributed by atoms with Crippen molar-refractivity contribution in [2.24, 2.45) is 11.8 Å². The molecule has 0 bridgehead atoms. The molecule has 6 nitrogen and oxygen atoms in total. The fraction of sp³-hybridized carbons (Fsp3) is 0.538. The van der Waals surface area contributed by atoms with Gasteiger partial charge in [0.25, 0.3) is 0 Å². The zero-order valence-corrected chi connectivity index (χ0v) is 12.9. The molecule has 0 heterocycles. The molecule has 2 unspecified atom stereocenters. The SMILES string of the molecule is Cc1cc(F)c([N+](=O)[O-])cc1S(=O)(=O)N(C)CC1CC1C. The molecule has 0 amide bonds. The van der Waals surface area contributed by atoms with Crippen molar-refractivity contribution < 1.29 is 17.7 Å². The van der Waals surface area contributed by atoms with Crippen molar-refractivity contribution in [3.63, 3.8) is 0 Å². The standard InChI is InChI=1S/C13H17FN2O4S/c1-8-4-10(8)7-15(3)21(19,20)13-6-12(16(17)18)11(14)5-9(13)2/h5-6,8,10H,4,7H2,1-3H3. The third-order valence-corrected chi connectivity index (χ3v) is 5.86. The van der Waals surface area contributed by atoms with Crippen LogP contribution in [-0.4, -0.2) is 31.2 Å². The van der Waals surface area contributed by atoms with E-state index in [0.717, 1.165) is 18.6 Å². The second-order valence-electron chi connectivity index (χ2n) is 5.58. The molecule has 2 atom stereocenters. The minimum atomic E-state index is -3.86. The van der Waals surface area contributed by atoms with Gasteiger partial charge in [0.15, 0.2) is 0 Å². The van der Waals surface area contributed by atoms with Gasteiger partial charge in [-0.2, -0.15) is 4.39 Å². The third kappa shape index (κ3) is 3.06. The van der Waals surface area contributed by atoms with Gasteiger partial charge in [0, 0.05) is 19.7 Å². The molecular formula is C13H17FN2O4S. The Morgan fingerprint density at radius 2 is 2.05 bits per heavy atom. The topological polar surface area (TPSA) is 80.5 Å². The van der Waals surface area contributed by atoms with E-state index in [1.165, 1.54) is 18.3 Å². The molecule has 0 N–H and O–H groups in total. The third-order valence-electron chi connectivity index (χ3n) is 3.90. The number of rotatable bonds is 5. The van der Waals surface area contributed by atoms with Crippen molar-refractivity contribution in [1.82, 2.24) is 4.31 Å². The van der Waals surface area contributed by atoms with Gasteiger partial charge in [-0.25, -0.2) is 12.7 Å². The Morgan fingerprint density at radius 1 is 1.48 bits per heavy atom. The summed E-state index contributed by atoms with van der Waals surface area (Å²) < 4.78 is 39.7. The quantitative estimate of drug-likeness (QED) is 0.616. The predicted octanol–water partition coefficient (Wildman–Crippen LogP) is 2.32. The summed E-state index contributed by atoms with van der Waals surface area (Å²) in [5, 5.41) is 10.8. The van der Waals surface area contributed by atoms with Crippen LogP contribution in [0.5, 0.6) is 0 Å². The van der Waals surface area contributed by atoms with Crippen molar-refractivity contribution >= 4 is 15.7 Å². The molecule has 116 valence electrons. The van der Waals surface area contributed by atoms with Crippen molar-refractivity contribution in [3.8, 4) is 0 Å². The molecule has 1 fully saturated rings. The first-order valence-corrected chi connectivity index (χ1v) is 7.99. The zero-order chi connectivity index (χ0) is 15.9. The van der Waals surface area contributed by atoms with Crippen LogP contribution in [0.2, 0.25) is 0 Å². The molecule has 1 aromatic carbocycles. The molecule has 0 aromatic heterocycles. The van der Waals surface area contributed by atoms with Crippen molar-refractivity contribution in [1.29, 1.82) is 0 Å². The summed E-state index contributed by atoms with van der Waals surface area (Å²) in [6, 6.07) is 1.69. The van der Waals surface area contributed by atoms with E-state index >= 15 is 0 Å². The van der Waals surface area contributed by atoms with Crippen LogP contribution < -0.4 is 0 Å². The molecule has 0 radical (unpaired) electrons. The molecule has 21 heavy (non-hydrogen) atoms. The number of nitro groups is 1. The average molecular weight is 316 g/mol. The molecule has 2 rings (SSSR count). The van der Waals surface area contributed by atoms with Crippen LogP contribution in [0.1, 0.15) is 18.9 Å². The van der Waals surface area contributed by atoms with Gasteiger partial charge in [-0.1, -0.05) is 6.92 Å². The Labute approximate surface area is 122 Å². The van der Waals surface area contributed by atoms with Gasteiger partial charge in [-0.05, 0) is 36.8 Å². The highest BCUT2D eigenvalue weighted by Crippen LogP contribution is 2.39. The van der Waals surface area contributed by atoms with E-state index in [1.807, 2.05) is 6.92 Å². The number of nitro benzene ring substituents is 1. The van der Waals surface area contributed by atoms with Crippen LogP contribution in [0.25, 0.3) is 0 Å². The second kappa shape index (κ2) is 5.34. The van der Waals surface area contributed by atoms with E-state index in [1.54, 1.807) is 0 Å². The summed E-state index contributed by atoms with van der Waals surface area (Å²) >= 11 is 0. The summed E-state index contributed by atoms with van der Waals surface area (Å²) in [7, 11) is -2.42. The lowest BCUT2D eigenvalue weighted by Gasteiger charge is -2.18. The summed E-state index contributed by atoms with van der Waals surface area (Å²) in [5.74, 6) is -0.221. The maximum Gasteiger partial charge on any atom is 0.306 e. The van der Waals surface area contributed by atoms with E-state index in [4.69, 9.17) is 0 Å². The molecule has 1 aromatic rings. The first-order chi connectivity index (χ1) is 9.64. The highest BCUT2D eigenvalue weighted by Gasteiger charge is 2.37. The van der Waals surface area contributed by atoms with E-state index in [2.05, 4.69) is 0 Å². The van der Waals surface area contributed by atoms with Crippen LogP contribution >= 0.6 is 0 Å². The van der Waals surface area contributed by atoms with Gasteiger partial charge in [0.1, 0.15) is 0 Å². The lowest BCUT2D eigenvalue weighted by atomic mass is 10.2. The summed E-state index contributed by atoms with van der Waals surface area (Å²) in [4.78, 5) is 9.63. The number of sulfonamides is 1. The normalized spacial score (nSPS) is 21.6. The van der Waals surface area contributed by atoms with Gasteiger partial charge in [-0.3, -0.25) is 10.1 Å². The maximum absolute atomic E-state index is 13.5. The summed E-state index contributed by atoms with van der Waals surface area (Å²) in [5.41, 5.74) is -0.666. The Hall–Kier alpha value is -1.54. The zero-order valence-electron chi connectivity index (χ0n) is 12.0. The number of aryl methyl sites for hydroxylation is 1. The number of halogens is 1. The highest BCUT2D eigenvalue weighted by molar-refractivity contribution is 7.89. The van der Waals surface area contributed by atoms with Crippen molar-refractivity contribution in [2.75, 3.05) is 13.6 Å². The largest absolute Gasteiger partial charge is 0.306 e. The molecular weight excluding hydrogens is 299 g/mol. The van der Waals surface area contributed by atoms with E-state index < -0.39 is 26.5 Å². The smallest absolute Gasteiger partial charge is 0.258 e. The van der Waals surface area contributed by atoms with Crippen molar-refractivity contribution in [3.05, 3.63) is 33.6 Å². The lowest BCUT2D eigenvalue weighted by molar-refractivity contribution is -0.387. The van der Waals surface area contributed by atoms with Crippen LogP contribution in [0, 0.1) is 34.7 Å². The monoisotopic (exact) mass is 316 g/mol. The number of benzene rings is 1. The summed E-state index contributed by atoms with van der Waals surface area (Å²) in [6.45, 7) is 3.83. The Kier molecular flexibility index (Phi) is 4.03. The maximum atomic E-state index is 13.5. The fourth-order valence-corrected chi connectivity index (χ4v) is 3.76. The van der Waals surface area contributed by atoms with E-state index in [-0.39, 0.29) is 10.5 Å². The lowest BCUT2D eigenvalue weighted by Crippen LogP contribution is -2.30.